The standard InChI is InChI=1S/C14H25N5/c1-4-12-7-16-14(2,11-5-6-11)9-19(12)8-13-15-10-17-18(13)3/h10-12,16H,4-9H2,1-3H3. The van der Waals surface area contributed by atoms with Gasteiger partial charge in [-0.25, -0.2) is 4.98 Å². The Bertz CT molecular complexity index is 439. The molecule has 5 heteroatoms. The third-order valence-electron chi connectivity index (χ3n) is 4.89. The van der Waals surface area contributed by atoms with Gasteiger partial charge in [0.15, 0.2) is 0 Å². The summed E-state index contributed by atoms with van der Waals surface area (Å²) in [5.74, 6) is 1.94. The normalized spacial score (nSPS) is 32.7. The largest absolute Gasteiger partial charge is 0.308 e. The van der Waals surface area contributed by atoms with Crippen LogP contribution in [-0.2, 0) is 13.6 Å². The number of nitrogens with one attached hydrogen (secondary N) is 1. The summed E-state index contributed by atoms with van der Waals surface area (Å²) in [7, 11) is 1.98. The van der Waals surface area contributed by atoms with Crippen molar-refractivity contribution in [1.82, 2.24) is 25.0 Å². The van der Waals surface area contributed by atoms with Gasteiger partial charge >= 0.3 is 0 Å². The lowest BCUT2D eigenvalue weighted by Crippen LogP contribution is -2.63. The van der Waals surface area contributed by atoms with E-state index in [0.717, 1.165) is 31.4 Å². The molecular formula is C14H25N5. The molecule has 0 spiro atoms. The fourth-order valence-electron chi connectivity index (χ4n) is 3.31. The molecule has 0 amide bonds. The van der Waals surface area contributed by atoms with Crippen molar-refractivity contribution >= 4 is 0 Å². The summed E-state index contributed by atoms with van der Waals surface area (Å²) < 4.78 is 1.89. The SMILES string of the molecule is CCC1CNC(C)(C2CC2)CN1Cc1ncnn1C. The highest BCUT2D eigenvalue weighted by Crippen LogP contribution is 2.41. The third-order valence-corrected chi connectivity index (χ3v) is 4.89. The number of hydrogen-bond donors (Lipinski definition) is 1. The van der Waals surface area contributed by atoms with E-state index in [1.165, 1.54) is 19.3 Å². The molecule has 106 valence electrons. The molecule has 1 aromatic rings. The Morgan fingerprint density at radius 1 is 1.47 bits per heavy atom. The number of hydrogen-bond acceptors (Lipinski definition) is 4. The molecule has 1 aliphatic heterocycles. The van der Waals surface area contributed by atoms with E-state index >= 15 is 0 Å². The van der Waals surface area contributed by atoms with Gasteiger partial charge < -0.3 is 5.32 Å². The van der Waals surface area contributed by atoms with Crippen molar-refractivity contribution in [3.05, 3.63) is 12.2 Å². The Kier molecular flexibility index (Phi) is 3.35. The van der Waals surface area contributed by atoms with E-state index < -0.39 is 0 Å². The zero-order valence-corrected chi connectivity index (χ0v) is 12.3. The number of aromatic nitrogens is 3. The van der Waals surface area contributed by atoms with Crippen LogP contribution in [-0.4, -0.2) is 44.3 Å². The van der Waals surface area contributed by atoms with E-state index in [9.17, 15) is 0 Å². The predicted molar refractivity (Wildman–Crippen MR) is 74.6 cm³/mol. The predicted octanol–water partition coefficient (Wildman–Crippen LogP) is 1.17. The van der Waals surface area contributed by atoms with Gasteiger partial charge in [-0.05, 0) is 32.1 Å². The van der Waals surface area contributed by atoms with Gasteiger partial charge in [-0.15, -0.1) is 0 Å². The van der Waals surface area contributed by atoms with Crippen molar-refractivity contribution in [2.45, 2.75) is 51.2 Å². The van der Waals surface area contributed by atoms with Crippen molar-refractivity contribution in [3.8, 4) is 0 Å². The van der Waals surface area contributed by atoms with E-state index in [2.05, 4.69) is 34.1 Å². The molecular weight excluding hydrogens is 238 g/mol. The topological polar surface area (TPSA) is 46.0 Å². The molecule has 2 aliphatic rings. The molecule has 19 heavy (non-hydrogen) atoms. The molecule has 2 atom stereocenters. The average Bonchev–Trinajstić information content (AvgIpc) is 3.17. The molecule has 2 heterocycles. The number of aryl methyl sites for hydroxylation is 1. The van der Waals surface area contributed by atoms with Gasteiger partial charge in [0.2, 0.25) is 0 Å². The van der Waals surface area contributed by atoms with E-state index in [1.54, 1.807) is 6.33 Å². The first-order valence-corrected chi connectivity index (χ1v) is 7.44. The molecule has 2 fully saturated rings. The molecule has 1 saturated heterocycles. The summed E-state index contributed by atoms with van der Waals surface area (Å²) in [4.78, 5) is 6.97. The van der Waals surface area contributed by atoms with Crippen LogP contribution in [0.5, 0.6) is 0 Å². The van der Waals surface area contributed by atoms with Gasteiger partial charge in [0, 0.05) is 31.7 Å². The minimum Gasteiger partial charge on any atom is -0.308 e. The number of rotatable bonds is 4. The minimum atomic E-state index is 0.296. The highest BCUT2D eigenvalue weighted by molar-refractivity contribution is 5.04. The molecule has 0 bridgehead atoms. The van der Waals surface area contributed by atoms with Crippen molar-refractivity contribution in [3.63, 3.8) is 0 Å². The molecule has 1 N–H and O–H groups in total. The smallest absolute Gasteiger partial charge is 0.140 e. The van der Waals surface area contributed by atoms with Gasteiger partial charge in [0.25, 0.3) is 0 Å². The van der Waals surface area contributed by atoms with Gasteiger partial charge in [0.05, 0.1) is 6.54 Å². The zero-order chi connectivity index (χ0) is 13.5. The first-order valence-electron chi connectivity index (χ1n) is 7.44. The highest BCUT2D eigenvalue weighted by Gasteiger charge is 2.45. The molecule has 5 nitrogen and oxygen atoms in total. The fourth-order valence-corrected chi connectivity index (χ4v) is 3.31. The first-order chi connectivity index (χ1) is 9.12. The van der Waals surface area contributed by atoms with Crippen LogP contribution in [0.4, 0.5) is 0 Å². The molecule has 0 aromatic carbocycles. The summed E-state index contributed by atoms with van der Waals surface area (Å²) in [6, 6.07) is 0.614. The van der Waals surface area contributed by atoms with Crippen LogP contribution in [0.2, 0.25) is 0 Å². The van der Waals surface area contributed by atoms with Gasteiger partial charge in [0.1, 0.15) is 12.2 Å². The summed E-state index contributed by atoms with van der Waals surface area (Å²) in [6.07, 6.45) is 5.61. The van der Waals surface area contributed by atoms with Crippen LogP contribution in [0.3, 0.4) is 0 Å². The monoisotopic (exact) mass is 263 g/mol. The van der Waals surface area contributed by atoms with E-state index in [0.29, 0.717) is 11.6 Å². The molecule has 1 aromatic heterocycles. The van der Waals surface area contributed by atoms with Gasteiger partial charge in [-0.3, -0.25) is 9.58 Å². The summed E-state index contributed by atoms with van der Waals surface area (Å²) in [6.45, 7) is 7.80. The van der Waals surface area contributed by atoms with Crippen LogP contribution in [0.25, 0.3) is 0 Å². The molecule has 0 radical (unpaired) electrons. The lowest BCUT2D eigenvalue weighted by atomic mass is 9.90. The third kappa shape index (κ3) is 2.54. The van der Waals surface area contributed by atoms with E-state index in [4.69, 9.17) is 0 Å². The summed E-state index contributed by atoms with van der Waals surface area (Å²) in [5, 5.41) is 7.98. The minimum absolute atomic E-state index is 0.296. The van der Waals surface area contributed by atoms with Gasteiger partial charge in [-0.1, -0.05) is 6.92 Å². The quantitative estimate of drug-likeness (QED) is 0.886. The second-order valence-corrected chi connectivity index (χ2v) is 6.34. The van der Waals surface area contributed by atoms with E-state index in [1.807, 2.05) is 11.7 Å². The average molecular weight is 263 g/mol. The molecule has 2 unspecified atom stereocenters. The zero-order valence-electron chi connectivity index (χ0n) is 12.3. The van der Waals surface area contributed by atoms with Gasteiger partial charge in [-0.2, -0.15) is 5.10 Å². The van der Waals surface area contributed by atoms with Crippen molar-refractivity contribution in [1.29, 1.82) is 0 Å². The van der Waals surface area contributed by atoms with Crippen molar-refractivity contribution in [2.24, 2.45) is 13.0 Å². The van der Waals surface area contributed by atoms with Crippen LogP contribution in [0, 0.1) is 5.92 Å². The lowest BCUT2D eigenvalue weighted by Gasteiger charge is -2.46. The number of nitrogens with zero attached hydrogens (tertiary/aromatic N) is 4. The maximum atomic E-state index is 4.38. The van der Waals surface area contributed by atoms with Crippen LogP contribution in [0.15, 0.2) is 6.33 Å². The lowest BCUT2D eigenvalue weighted by molar-refractivity contribution is 0.0635. The summed E-state index contributed by atoms with van der Waals surface area (Å²) in [5.41, 5.74) is 0.296. The van der Waals surface area contributed by atoms with Crippen molar-refractivity contribution < 1.29 is 0 Å². The Hall–Kier alpha value is -0.940. The molecule has 3 rings (SSSR count). The second kappa shape index (κ2) is 4.87. The maximum absolute atomic E-state index is 4.38. The van der Waals surface area contributed by atoms with E-state index in [-0.39, 0.29) is 0 Å². The first kappa shape index (κ1) is 13.1. The van der Waals surface area contributed by atoms with Crippen molar-refractivity contribution in [2.75, 3.05) is 13.1 Å². The Morgan fingerprint density at radius 3 is 2.84 bits per heavy atom. The maximum Gasteiger partial charge on any atom is 0.140 e. The Morgan fingerprint density at radius 2 is 2.26 bits per heavy atom. The fraction of sp³-hybridized carbons (Fsp3) is 0.857. The summed E-state index contributed by atoms with van der Waals surface area (Å²) >= 11 is 0. The molecule has 1 saturated carbocycles. The van der Waals surface area contributed by atoms with Crippen LogP contribution >= 0.6 is 0 Å². The highest BCUT2D eigenvalue weighted by atomic mass is 15.3. The molecule has 1 aliphatic carbocycles. The number of piperazine rings is 1. The van der Waals surface area contributed by atoms with Crippen LogP contribution < -0.4 is 5.32 Å². The second-order valence-electron chi connectivity index (χ2n) is 6.34. The Labute approximate surface area is 115 Å². The Balaban J connectivity index is 1.73. The van der Waals surface area contributed by atoms with Crippen LogP contribution in [0.1, 0.15) is 38.9 Å².